The van der Waals surface area contributed by atoms with E-state index in [0.717, 1.165) is 0 Å². The fraction of sp³-hybridized carbons (Fsp3) is 0.900. The molecule has 0 heterocycles. The Bertz CT molecular complexity index is 208. The number of carbonyl (C=O) groups excluding carboxylic acids is 1. The van der Waals surface area contributed by atoms with E-state index >= 15 is 0 Å². The van der Waals surface area contributed by atoms with Gasteiger partial charge in [0.1, 0.15) is 6.17 Å². The lowest BCUT2D eigenvalue weighted by Crippen LogP contribution is -2.39. The Kier molecular flexibility index (Phi) is 3.86. The summed E-state index contributed by atoms with van der Waals surface area (Å²) in [5.74, 6) is -0.737. The number of rotatable bonds is 2. The van der Waals surface area contributed by atoms with Crippen molar-refractivity contribution < 1.29 is 19.0 Å². The largest absolute Gasteiger partial charge is 0.466 e. The molecule has 4 atom stereocenters. The van der Waals surface area contributed by atoms with Gasteiger partial charge in [0.2, 0.25) is 0 Å². The van der Waals surface area contributed by atoms with Crippen LogP contribution in [0.15, 0.2) is 0 Å². The molecule has 0 saturated heterocycles. The number of carbonyl (C=O) groups is 1. The van der Waals surface area contributed by atoms with Gasteiger partial charge in [-0.15, -0.1) is 0 Å². The normalized spacial score (nSPS) is 38.0. The van der Waals surface area contributed by atoms with Crippen LogP contribution in [0.2, 0.25) is 0 Å². The third kappa shape index (κ3) is 2.44. The van der Waals surface area contributed by atoms with Crippen LogP contribution in [0.5, 0.6) is 0 Å². The van der Waals surface area contributed by atoms with Crippen molar-refractivity contribution in [3.8, 4) is 0 Å². The molecule has 82 valence electrons. The Balaban J connectivity index is 2.56. The molecule has 1 aliphatic rings. The van der Waals surface area contributed by atoms with Crippen LogP contribution in [0.4, 0.5) is 4.39 Å². The molecular formula is C10H17FO3. The molecule has 0 aromatic rings. The van der Waals surface area contributed by atoms with E-state index in [1.165, 1.54) is 0 Å². The van der Waals surface area contributed by atoms with Gasteiger partial charge in [-0.1, -0.05) is 6.92 Å². The van der Waals surface area contributed by atoms with Crippen LogP contribution in [-0.2, 0) is 9.53 Å². The number of aliphatic hydroxyl groups is 1. The lowest BCUT2D eigenvalue weighted by atomic mass is 9.78. The molecule has 0 aliphatic heterocycles. The van der Waals surface area contributed by atoms with Crippen molar-refractivity contribution in [3.05, 3.63) is 0 Å². The van der Waals surface area contributed by atoms with E-state index < -0.39 is 18.2 Å². The van der Waals surface area contributed by atoms with Crippen molar-refractivity contribution in [1.29, 1.82) is 0 Å². The monoisotopic (exact) mass is 204 g/mol. The lowest BCUT2D eigenvalue weighted by molar-refractivity contribution is -0.154. The predicted octanol–water partition coefficient (Wildman–Crippen LogP) is 1.29. The van der Waals surface area contributed by atoms with Gasteiger partial charge >= 0.3 is 5.97 Å². The van der Waals surface area contributed by atoms with E-state index in [4.69, 9.17) is 4.74 Å². The SMILES string of the molecule is CCOC(=O)C1CC(F)C(O)CC1C. The van der Waals surface area contributed by atoms with Crippen LogP contribution in [0, 0.1) is 11.8 Å². The fourth-order valence-corrected chi connectivity index (χ4v) is 1.90. The summed E-state index contributed by atoms with van der Waals surface area (Å²) in [5, 5.41) is 9.25. The second kappa shape index (κ2) is 4.73. The van der Waals surface area contributed by atoms with E-state index in [0.29, 0.717) is 13.0 Å². The first-order chi connectivity index (χ1) is 6.56. The van der Waals surface area contributed by atoms with Gasteiger partial charge in [0.25, 0.3) is 0 Å². The number of alkyl halides is 1. The van der Waals surface area contributed by atoms with Crippen molar-refractivity contribution in [3.63, 3.8) is 0 Å². The summed E-state index contributed by atoms with van der Waals surface area (Å²) >= 11 is 0. The summed E-state index contributed by atoms with van der Waals surface area (Å²) in [4.78, 5) is 11.4. The zero-order valence-corrected chi connectivity index (χ0v) is 8.57. The smallest absolute Gasteiger partial charge is 0.309 e. The zero-order valence-electron chi connectivity index (χ0n) is 8.57. The van der Waals surface area contributed by atoms with Gasteiger partial charge in [0.15, 0.2) is 0 Å². The van der Waals surface area contributed by atoms with Gasteiger partial charge in [0.05, 0.1) is 18.6 Å². The Labute approximate surface area is 83.3 Å². The second-order valence-corrected chi connectivity index (χ2v) is 3.89. The molecular weight excluding hydrogens is 187 g/mol. The summed E-state index contributed by atoms with van der Waals surface area (Å²) in [6, 6.07) is 0. The van der Waals surface area contributed by atoms with Crippen molar-refractivity contribution >= 4 is 5.97 Å². The van der Waals surface area contributed by atoms with Crippen LogP contribution in [0.3, 0.4) is 0 Å². The number of esters is 1. The first-order valence-corrected chi connectivity index (χ1v) is 5.05. The molecule has 0 amide bonds. The summed E-state index contributed by atoms with van der Waals surface area (Å²) in [6.07, 6.45) is -1.79. The van der Waals surface area contributed by atoms with E-state index in [9.17, 15) is 14.3 Å². The van der Waals surface area contributed by atoms with Gasteiger partial charge in [-0.25, -0.2) is 4.39 Å². The molecule has 3 nitrogen and oxygen atoms in total. The van der Waals surface area contributed by atoms with Gasteiger partial charge < -0.3 is 9.84 Å². The van der Waals surface area contributed by atoms with Crippen LogP contribution < -0.4 is 0 Å². The van der Waals surface area contributed by atoms with Gasteiger partial charge in [0, 0.05) is 0 Å². The third-order valence-electron chi connectivity index (χ3n) is 2.79. The molecule has 0 spiro atoms. The average Bonchev–Trinajstić information content (AvgIpc) is 2.11. The third-order valence-corrected chi connectivity index (χ3v) is 2.79. The quantitative estimate of drug-likeness (QED) is 0.689. The topological polar surface area (TPSA) is 46.5 Å². The van der Waals surface area contributed by atoms with Crippen LogP contribution in [0.25, 0.3) is 0 Å². The summed E-state index contributed by atoms with van der Waals surface area (Å²) < 4.78 is 18.0. The average molecular weight is 204 g/mol. The van der Waals surface area contributed by atoms with Crippen LogP contribution in [0.1, 0.15) is 26.7 Å². The minimum absolute atomic E-state index is 0.00366. The minimum atomic E-state index is -1.29. The van der Waals surface area contributed by atoms with Crippen molar-refractivity contribution in [2.45, 2.75) is 39.0 Å². The van der Waals surface area contributed by atoms with Crippen LogP contribution in [-0.4, -0.2) is 30.0 Å². The molecule has 0 aromatic carbocycles. The molecule has 1 N–H and O–H groups in total. The highest BCUT2D eigenvalue weighted by atomic mass is 19.1. The molecule has 1 rings (SSSR count). The van der Waals surface area contributed by atoms with E-state index in [2.05, 4.69) is 0 Å². The van der Waals surface area contributed by atoms with E-state index in [1.54, 1.807) is 6.92 Å². The van der Waals surface area contributed by atoms with Crippen molar-refractivity contribution in [2.24, 2.45) is 11.8 Å². The minimum Gasteiger partial charge on any atom is -0.466 e. The van der Waals surface area contributed by atoms with Crippen molar-refractivity contribution in [2.75, 3.05) is 6.61 Å². The molecule has 14 heavy (non-hydrogen) atoms. The van der Waals surface area contributed by atoms with Crippen molar-refractivity contribution in [1.82, 2.24) is 0 Å². The Morgan fingerprint density at radius 1 is 1.57 bits per heavy atom. The summed E-state index contributed by atoms with van der Waals surface area (Å²) in [6.45, 7) is 3.89. The van der Waals surface area contributed by atoms with Crippen LogP contribution >= 0.6 is 0 Å². The number of hydrogen-bond donors (Lipinski definition) is 1. The fourth-order valence-electron chi connectivity index (χ4n) is 1.90. The summed E-state index contributed by atoms with van der Waals surface area (Å²) in [7, 11) is 0. The molecule has 0 bridgehead atoms. The highest BCUT2D eigenvalue weighted by Crippen LogP contribution is 2.32. The standard InChI is InChI=1S/C10H17FO3/c1-3-14-10(13)7-5-8(11)9(12)4-6(7)2/h6-9,12H,3-5H2,1-2H3. The molecule has 1 fully saturated rings. The summed E-state index contributed by atoms with van der Waals surface area (Å²) in [5.41, 5.74) is 0. The van der Waals surface area contributed by atoms with E-state index in [-0.39, 0.29) is 18.3 Å². The maximum Gasteiger partial charge on any atom is 0.309 e. The molecule has 0 radical (unpaired) electrons. The Hall–Kier alpha value is -0.640. The number of aliphatic hydroxyl groups excluding tert-OH is 1. The number of hydrogen-bond acceptors (Lipinski definition) is 3. The zero-order chi connectivity index (χ0) is 10.7. The molecule has 4 unspecified atom stereocenters. The first-order valence-electron chi connectivity index (χ1n) is 5.05. The molecule has 0 aromatic heterocycles. The lowest BCUT2D eigenvalue weighted by Gasteiger charge is -2.32. The second-order valence-electron chi connectivity index (χ2n) is 3.89. The van der Waals surface area contributed by atoms with Gasteiger partial charge in [-0.3, -0.25) is 4.79 Å². The highest BCUT2D eigenvalue weighted by molar-refractivity contribution is 5.73. The Morgan fingerprint density at radius 3 is 2.79 bits per heavy atom. The molecule has 1 aliphatic carbocycles. The highest BCUT2D eigenvalue weighted by Gasteiger charge is 2.38. The Morgan fingerprint density at radius 2 is 2.21 bits per heavy atom. The predicted molar refractivity (Wildman–Crippen MR) is 49.4 cm³/mol. The maximum absolute atomic E-state index is 13.1. The van der Waals surface area contributed by atoms with Gasteiger partial charge in [-0.2, -0.15) is 0 Å². The molecule has 4 heteroatoms. The van der Waals surface area contributed by atoms with E-state index in [1.807, 2.05) is 6.92 Å². The first kappa shape index (κ1) is 11.4. The maximum atomic E-state index is 13.1. The number of ether oxygens (including phenoxy) is 1. The molecule has 1 saturated carbocycles. The van der Waals surface area contributed by atoms with Gasteiger partial charge in [-0.05, 0) is 25.7 Å². The number of halogens is 1.